The van der Waals surface area contributed by atoms with Crippen LogP contribution in [0.5, 0.6) is 0 Å². The molecule has 1 fully saturated rings. The maximum Gasteiger partial charge on any atom is 0.274 e. The highest BCUT2D eigenvalue weighted by Gasteiger charge is 2.31. The number of carbonyl (C=O) groups excluding carboxylic acids is 1. The fourth-order valence-corrected chi connectivity index (χ4v) is 4.85. The Kier molecular flexibility index (Phi) is 4.62. The minimum atomic E-state index is 0.0729. The zero-order valence-electron chi connectivity index (χ0n) is 16.6. The lowest BCUT2D eigenvalue weighted by Gasteiger charge is -2.32. The molecule has 1 N–H and O–H groups in total. The van der Waals surface area contributed by atoms with Gasteiger partial charge in [-0.25, -0.2) is 9.97 Å². The second kappa shape index (κ2) is 7.28. The van der Waals surface area contributed by atoms with E-state index in [0.29, 0.717) is 12.2 Å². The number of amides is 1. The lowest BCUT2D eigenvalue weighted by molar-refractivity contribution is 0.0697. The summed E-state index contributed by atoms with van der Waals surface area (Å²) in [5, 5.41) is 7.48. The Morgan fingerprint density at radius 3 is 3.00 bits per heavy atom. The molecule has 7 heteroatoms. The van der Waals surface area contributed by atoms with Crippen LogP contribution in [0.25, 0.3) is 0 Å². The smallest absolute Gasteiger partial charge is 0.274 e. The molecule has 3 aliphatic rings. The van der Waals surface area contributed by atoms with Gasteiger partial charge in [-0.1, -0.05) is 0 Å². The Bertz CT molecular complexity index is 891. The van der Waals surface area contributed by atoms with Crippen molar-refractivity contribution < 1.29 is 4.79 Å². The van der Waals surface area contributed by atoms with Crippen molar-refractivity contribution in [3.8, 4) is 0 Å². The first-order valence-corrected chi connectivity index (χ1v) is 10.6. The van der Waals surface area contributed by atoms with Crippen molar-refractivity contribution in [3.63, 3.8) is 0 Å². The Morgan fingerprint density at radius 1 is 1.18 bits per heavy atom. The van der Waals surface area contributed by atoms with Crippen molar-refractivity contribution in [2.75, 3.05) is 26.7 Å². The molecular weight excluding hydrogens is 352 g/mol. The highest BCUT2D eigenvalue weighted by Crippen LogP contribution is 2.29. The zero-order chi connectivity index (χ0) is 19.1. The molecule has 2 aromatic heterocycles. The molecule has 5 rings (SSSR count). The van der Waals surface area contributed by atoms with Gasteiger partial charge in [0.25, 0.3) is 5.91 Å². The molecular formula is C21H28N6O. The first-order valence-electron chi connectivity index (χ1n) is 10.6. The Hall–Kier alpha value is -2.28. The number of aromatic amines is 1. The normalized spacial score (nSPS) is 22.6. The van der Waals surface area contributed by atoms with E-state index in [4.69, 9.17) is 4.98 Å². The molecule has 0 saturated carbocycles. The molecule has 2 aliphatic heterocycles. The quantitative estimate of drug-likeness (QED) is 0.863. The van der Waals surface area contributed by atoms with Crippen molar-refractivity contribution in [1.29, 1.82) is 0 Å². The summed E-state index contributed by atoms with van der Waals surface area (Å²) >= 11 is 0. The van der Waals surface area contributed by atoms with Crippen LogP contribution in [0.1, 0.15) is 70.4 Å². The number of aromatic nitrogens is 4. The van der Waals surface area contributed by atoms with Crippen molar-refractivity contribution >= 4 is 5.91 Å². The highest BCUT2D eigenvalue weighted by atomic mass is 16.2. The largest absolute Gasteiger partial charge is 0.337 e. The number of likely N-dealkylation sites (N-methyl/N-ethyl adjacent to an activating group) is 1. The zero-order valence-corrected chi connectivity index (χ0v) is 16.6. The number of rotatable bonds is 2. The number of carbonyl (C=O) groups is 1. The number of piperidine rings is 1. The predicted octanol–water partition coefficient (Wildman–Crippen LogP) is 2.09. The molecule has 1 atom stereocenters. The third-order valence-electron chi connectivity index (χ3n) is 6.48. The second-order valence-corrected chi connectivity index (χ2v) is 8.51. The van der Waals surface area contributed by atoms with Gasteiger partial charge in [-0.2, -0.15) is 5.10 Å². The summed E-state index contributed by atoms with van der Waals surface area (Å²) in [7, 11) is 2.13. The molecule has 1 saturated heterocycles. The molecule has 7 nitrogen and oxygen atoms in total. The summed E-state index contributed by atoms with van der Waals surface area (Å²) in [6.07, 6.45) is 9.32. The lowest BCUT2D eigenvalue weighted by atomic mass is 9.94. The topological polar surface area (TPSA) is 78.0 Å². The summed E-state index contributed by atoms with van der Waals surface area (Å²) in [5.74, 6) is 1.20. The van der Waals surface area contributed by atoms with E-state index in [2.05, 4.69) is 27.1 Å². The van der Waals surface area contributed by atoms with E-state index in [9.17, 15) is 4.79 Å². The van der Waals surface area contributed by atoms with E-state index in [1.54, 1.807) is 0 Å². The van der Waals surface area contributed by atoms with Crippen LogP contribution in [-0.2, 0) is 25.8 Å². The Labute approximate surface area is 165 Å². The van der Waals surface area contributed by atoms with Gasteiger partial charge in [0.05, 0.1) is 0 Å². The van der Waals surface area contributed by atoms with Crippen LogP contribution in [0.2, 0.25) is 0 Å². The fraction of sp³-hybridized carbons (Fsp3) is 0.619. The monoisotopic (exact) mass is 380 g/mol. The number of aryl methyl sites for hydroxylation is 1. The van der Waals surface area contributed by atoms with Crippen LogP contribution in [0.3, 0.4) is 0 Å². The van der Waals surface area contributed by atoms with Crippen molar-refractivity contribution in [1.82, 2.24) is 30.0 Å². The van der Waals surface area contributed by atoms with Crippen LogP contribution in [0.4, 0.5) is 0 Å². The van der Waals surface area contributed by atoms with E-state index in [-0.39, 0.29) is 11.8 Å². The fourth-order valence-electron chi connectivity index (χ4n) is 4.85. The summed E-state index contributed by atoms with van der Waals surface area (Å²) in [4.78, 5) is 27.0. The number of likely N-dealkylation sites (tertiary alicyclic amines) is 1. The van der Waals surface area contributed by atoms with Gasteiger partial charge in [0, 0.05) is 67.2 Å². The number of nitrogens with one attached hydrogen (secondary N) is 1. The molecule has 4 heterocycles. The number of hydrogen-bond donors (Lipinski definition) is 1. The molecule has 148 valence electrons. The van der Waals surface area contributed by atoms with Gasteiger partial charge in [0.1, 0.15) is 5.82 Å². The highest BCUT2D eigenvalue weighted by molar-refractivity contribution is 5.94. The molecule has 0 spiro atoms. The minimum Gasteiger partial charge on any atom is -0.337 e. The van der Waals surface area contributed by atoms with E-state index < -0.39 is 0 Å². The van der Waals surface area contributed by atoms with E-state index in [1.165, 1.54) is 17.7 Å². The van der Waals surface area contributed by atoms with Crippen LogP contribution < -0.4 is 0 Å². The number of nitrogens with zero attached hydrogens (tertiary/aromatic N) is 5. The summed E-state index contributed by atoms with van der Waals surface area (Å²) < 4.78 is 0. The van der Waals surface area contributed by atoms with Crippen LogP contribution in [-0.4, -0.2) is 62.6 Å². The SMILES string of the molecule is CN1CCc2nc([C@H]3CCCN(C(=O)c4n[nH]c5c4CCCC5)C3)ncc2C1. The average Bonchev–Trinajstić information content (AvgIpc) is 3.17. The first kappa shape index (κ1) is 17.8. The van der Waals surface area contributed by atoms with Crippen molar-refractivity contribution in [2.24, 2.45) is 0 Å². The van der Waals surface area contributed by atoms with Gasteiger partial charge in [-0.15, -0.1) is 0 Å². The number of fused-ring (bicyclic) bond motifs is 2. The lowest BCUT2D eigenvalue weighted by Crippen LogP contribution is -2.40. The maximum atomic E-state index is 13.2. The predicted molar refractivity (Wildman–Crippen MR) is 105 cm³/mol. The van der Waals surface area contributed by atoms with Crippen LogP contribution in [0.15, 0.2) is 6.20 Å². The van der Waals surface area contributed by atoms with Crippen molar-refractivity contribution in [2.45, 2.75) is 57.4 Å². The molecule has 0 unspecified atom stereocenters. The molecule has 28 heavy (non-hydrogen) atoms. The van der Waals surface area contributed by atoms with Crippen LogP contribution in [0, 0.1) is 0 Å². The Morgan fingerprint density at radius 2 is 2.07 bits per heavy atom. The molecule has 0 bridgehead atoms. The van der Waals surface area contributed by atoms with Crippen molar-refractivity contribution in [3.05, 3.63) is 40.2 Å². The number of hydrogen-bond acceptors (Lipinski definition) is 5. The first-order chi connectivity index (χ1) is 13.7. The second-order valence-electron chi connectivity index (χ2n) is 8.51. The molecule has 0 aromatic carbocycles. The third-order valence-corrected chi connectivity index (χ3v) is 6.48. The molecule has 1 aliphatic carbocycles. The van der Waals surface area contributed by atoms with Gasteiger partial charge in [-0.05, 0) is 45.6 Å². The molecule has 0 radical (unpaired) electrons. The van der Waals surface area contributed by atoms with E-state index in [0.717, 1.165) is 75.2 Å². The average molecular weight is 380 g/mol. The van der Waals surface area contributed by atoms with Gasteiger partial charge in [-0.3, -0.25) is 9.89 Å². The summed E-state index contributed by atoms with van der Waals surface area (Å²) in [5.41, 5.74) is 5.38. The van der Waals surface area contributed by atoms with Gasteiger partial charge < -0.3 is 9.80 Å². The van der Waals surface area contributed by atoms with Gasteiger partial charge in [0.15, 0.2) is 5.69 Å². The van der Waals surface area contributed by atoms with Gasteiger partial charge >= 0.3 is 0 Å². The standard InChI is InChI=1S/C21H28N6O/c1-26-10-8-17-15(12-26)11-22-20(23-17)14-5-4-9-27(13-14)21(28)19-16-6-2-3-7-18(16)24-25-19/h11,14H,2-10,12-13H2,1H3,(H,24,25)/t14-/m0/s1. The van der Waals surface area contributed by atoms with E-state index >= 15 is 0 Å². The minimum absolute atomic E-state index is 0.0729. The third kappa shape index (κ3) is 3.21. The van der Waals surface area contributed by atoms with E-state index in [1.807, 2.05) is 11.1 Å². The summed E-state index contributed by atoms with van der Waals surface area (Å²) in [6.45, 7) is 3.46. The summed E-state index contributed by atoms with van der Waals surface area (Å²) in [6, 6.07) is 0. The van der Waals surface area contributed by atoms with Crippen LogP contribution >= 0.6 is 0 Å². The number of H-pyrrole nitrogens is 1. The maximum absolute atomic E-state index is 13.2. The molecule has 1 amide bonds. The van der Waals surface area contributed by atoms with Gasteiger partial charge in [0.2, 0.25) is 0 Å². The Balaban J connectivity index is 1.34. The molecule has 2 aromatic rings.